The molecule has 2 aromatic rings. The van der Waals surface area contributed by atoms with E-state index in [-0.39, 0.29) is 16.5 Å². The van der Waals surface area contributed by atoms with Gasteiger partial charge in [0.15, 0.2) is 0 Å². The Morgan fingerprint density at radius 1 is 1.00 bits per heavy atom. The molecule has 0 aliphatic carbocycles. The van der Waals surface area contributed by atoms with Crippen LogP contribution in [0.3, 0.4) is 0 Å². The van der Waals surface area contributed by atoms with Crippen molar-refractivity contribution in [2.75, 3.05) is 0 Å². The van der Waals surface area contributed by atoms with Gasteiger partial charge in [-0.15, -0.1) is 0 Å². The monoisotopic (exact) mass is 291 g/mol. The average Bonchev–Trinajstić information content (AvgIpc) is 2.40. The highest BCUT2D eigenvalue weighted by Crippen LogP contribution is 2.27. The summed E-state index contributed by atoms with van der Waals surface area (Å²) in [6, 6.07) is 12.5. The minimum absolute atomic E-state index is 0.106. The molecular weight excluding hydrogens is 273 g/mol. The molecule has 0 heterocycles. The van der Waals surface area contributed by atoms with Crippen molar-refractivity contribution in [3.63, 3.8) is 0 Å². The Labute approximate surface area is 124 Å². The third-order valence-electron chi connectivity index (χ3n) is 3.44. The van der Waals surface area contributed by atoms with E-state index in [1.165, 1.54) is 17.7 Å². The van der Waals surface area contributed by atoms with Crippen molar-refractivity contribution in [1.29, 1.82) is 0 Å². The maximum atomic E-state index is 13.5. The lowest BCUT2D eigenvalue weighted by atomic mass is 9.86. The number of halogens is 2. The molecule has 2 N–H and O–H groups in total. The summed E-state index contributed by atoms with van der Waals surface area (Å²) < 4.78 is 13.5. The quantitative estimate of drug-likeness (QED) is 0.843. The number of hydrogen-bond donors (Lipinski definition) is 1. The van der Waals surface area contributed by atoms with E-state index >= 15 is 0 Å². The molecule has 2 rings (SSSR count). The maximum Gasteiger partial charge on any atom is 0.142 e. The largest absolute Gasteiger partial charge is 0.320 e. The van der Waals surface area contributed by atoms with E-state index in [9.17, 15) is 4.39 Å². The predicted octanol–water partition coefficient (Wildman–Crippen LogP) is 4.82. The van der Waals surface area contributed by atoms with Crippen molar-refractivity contribution in [3.8, 4) is 0 Å². The molecule has 0 aliphatic rings. The molecule has 0 aliphatic heterocycles. The highest BCUT2D eigenvalue weighted by Gasteiger charge is 2.15. The molecule has 0 fully saturated rings. The van der Waals surface area contributed by atoms with Crippen molar-refractivity contribution in [3.05, 3.63) is 70.0 Å². The normalized spacial score (nSPS) is 13.3. The number of hydrogen-bond acceptors (Lipinski definition) is 1. The predicted molar refractivity (Wildman–Crippen MR) is 82.6 cm³/mol. The van der Waals surface area contributed by atoms with Crippen molar-refractivity contribution < 1.29 is 4.39 Å². The van der Waals surface area contributed by atoms with Crippen LogP contribution in [0, 0.1) is 5.82 Å². The van der Waals surface area contributed by atoms with Gasteiger partial charge in [0.1, 0.15) is 5.82 Å². The Kier molecular flexibility index (Phi) is 4.17. The molecule has 1 atom stereocenters. The summed E-state index contributed by atoms with van der Waals surface area (Å²) in [7, 11) is 0. The molecule has 0 spiro atoms. The highest BCUT2D eigenvalue weighted by molar-refractivity contribution is 6.30. The molecular formula is C17H19ClFN. The minimum atomic E-state index is -0.439. The maximum absolute atomic E-state index is 13.5. The van der Waals surface area contributed by atoms with Gasteiger partial charge in [-0.3, -0.25) is 0 Å². The highest BCUT2D eigenvalue weighted by atomic mass is 35.5. The zero-order chi connectivity index (χ0) is 14.9. The van der Waals surface area contributed by atoms with Gasteiger partial charge in [0, 0.05) is 0 Å². The molecule has 20 heavy (non-hydrogen) atoms. The van der Waals surface area contributed by atoms with Crippen molar-refractivity contribution in [1.82, 2.24) is 0 Å². The Bertz CT molecular complexity index is 599. The van der Waals surface area contributed by atoms with Gasteiger partial charge in [0.05, 0.1) is 11.1 Å². The summed E-state index contributed by atoms with van der Waals surface area (Å²) in [4.78, 5) is 0. The lowest BCUT2D eigenvalue weighted by Gasteiger charge is -2.20. The average molecular weight is 292 g/mol. The third kappa shape index (κ3) is 3.20. The standard InChI is InChI=1S/C17H19ClFN/c1-17(2,3)13-7-4-11(5-8-13)16(20)12-6-9-14(18)15(19)10-12/h4-10,16H,20H2,1-3H3. The fourth-order valence-electron chi connectivity index (χ4n) is 2.09. The van der Waals surface area contributed by atoms with Gasteiger partial charge in [-0.25, -0.2) is 4.39 Å². The molecule has 0 saturated carbocycles. The van der Waals surface area contributed by atoms with E-state index in [1.54, 1.807) is 6.07 Å². The zero-order valence-corrected chi connectivity index (χ0v) is 12.7. The SMILES string of the molecule is CC(C)(C)c1ccc(C(N)c2ccc(Cl)c(F)c2)cc1. The zero-order valence-electron chi connectivity index (χ0n) is 12.0. The first-order chi connectivity index (χ1) is 9.29. The number of rotatable bonds is 2. The summed E-state index contributed by atoms with van der Waals surface area (Å²) in [5.74, 6) is -0.439. The Balaban J connectivity index is 2.29. The number of nitrogens with two attached hydrogens (primary N) is 1. The van der Waals surface area contributed by atoms with Crippen LogP contribution in [0.15, 0.2) is 42.5 Å². The van der Waals surface area contributed by atoms with E-state index in [4.69, 9.17) is 17.3 Å². The molecule has 0 amide bonds. The van der Waals surface area contributed by atoms with Gasteiger partial charge in [-0.2, -0.15) is 0 Å². The summed E-state index contributed by atoms with van der Waals surface area (Å²) in [6.07, 6.45) is 0. The van der Waals surface area contributed by atoms with E-state index in [0.717, 1.165) is 11.1 Å². The van der Waals surface area contributed by atoms with Gasteiger partial charge >= 0.3 is 0 Å². The first-order valence-corrected chi connectivity index (χ1v) is 6.98. The van der Waals surface area contributed by atoms with Crippen molar-refractivity contribution >= 4 is 11.6 Å². The fourth-order valence-corrected chi connectivity index (χ4v) is 2.21. The Morgan fingerprint density at radius 3 is 2.05 bits per heavy atom. The first kappa shape index (κ1) is 15.0. The van der Waals surface area contributed by atoms with Crippen LogP contribution in [0.4, 0.5) is 4.39 Å². The van der Waals surface area contributed by atoms with Crippen LogP contribution in [0.2, 0.25) is 5.02 Å². The van der Waals surface area contributed by atoms with Crippen LogP contribution in [-0.4, -0.2) is 0 Å². The van der Waals surface area contributed by atoms with Crippen LogP contribution >= 0.6 is 11.6 Å². The summed E-state index contributed by atoms with van der Waals surface area (Å²) in [5, 5.41) is 0.115. The van der Waals surface area contributed by atoms with E-state index < -0.39 is 5.82 Å². The number of benzene rings is 2. The smallest absolute Gasteiger partial charge is 0.142 e. The molecule has 0 saturated heterocycles. The summed E-state index contributed by atoms with van der Waals surface area (Å²) >= 11 is 5.69. The topological polar surface area (TPSA) is 26.0 Å². The molecule has 0 bridgehead atoms. The first-order valence-electron chi connectivity index (χ1n) is 6.60. The van der Waals surface area contributed by atoms with Crippen LogP contribution in [0.1, 0.15) is 43.5 Å². The van der Waals surface area contributed by atoms with Gasteiger partial charge < -0.3 is 5.73 Å². The van der Waals surface area contributed by atoms with Crippen molar-refractivity contribution in [2.24, 2.45) is 5.73 Å². The fraction of sp³-hybridized carbons (Fsp3) is 0.294. The summed E-state index contributed by atoms with van der Waals surface area (Å²) in [6.45, 7) is 6.49. The second-order valence-electron chi connectivity index (χ2n) is 6.02. The Morgan fingerprint density at radius 2 is 1.55 bits per heavy atom. The van der Waals surface area contributed by atoms with Gasteiger partial charge in [-0.05, 0) is 34.2 Å². The lowest BCUT2D eigenvalue weighted by molar-refractivity contribution is 0.589. The van der Waals surface area contributed by atoms with Crippen LogP contribution in [0.5, 0.6) is 0 Å². The van der Waals surface area contributed by atoms with Gasteiger partial charge in [0.25, 0.3) is 0 Å². The second kappa shape index (κ2) is 5.55. The molecule has 1 unspecified atom stereocenters. The third-order valence-corrected chi connectivity index (χ3v) is 3.75. The summed E-state index contributed by atoms with van der Waals surface area (Å²) in [5.41, 5.74) is 9.21. The van der Waals surface area contributed by atoms with Gasteiger partial charge in [0.2, 0.25) is 0 Å². The molecule has 0 aromatic heterocycles. The minimum Gasteiger partial charge on any atom is -0.320 e. The second-order valence-corrected chi connectivity index (χ2v) is 6.43. The van der Waals surface area contributed by atoms with Crippen molar-refractivity contribution in [2.45, 2.75) is 32.2 Å². The van der Waals surface area contributed by atoms with E-state index in [0.29, 0.717) is 0 Å². The van der Waals surface area contributed by atoms with E-state index in [2.05, 4.69) is 32.9 Å². The van der Waals surface area contributed by atoms with Crippen LogP contribution < -0.4 is 5.73 Å². The van der Waals surface area contributed by atoms with Crippen LogP contribution in [0.25, 0.3) is 0 Å². The lowest BCUT2D eigenvalue weighted by Crippen LogP contribution is -2.14. The molecule has 106 valence electrons. The molecule has 0 radical (unpaired) electrons. The molecule has 3 heteroatoms. The molecule has 2 aromatic carbocycles. The Hall–Kier alpha value is -1.38. The molecule has 1 nitrogen and oxygen atoms in total. The van der Waals surface area contributed by atoms with Crippen LogP contribution in [-0.2, 0) is 5.41 Å². The van der Waals surface area contributed by atoms with Gasteiger partial charge in [-0.1, -0.05) is 62.7 Å². The van der Waals surface area contributed by atoms with E-state index in [1.807, 2.05) is 12.1 Å².